The van der Waals surface area contributed by atoms with Gasteiger partial charge in [0.25, 0.3) is 0 Å². The molecule has 0 aromatic heterocycles. The largest absolute Gasteiger partial charge is 0.508 e. The average molecular weight is 222 g/mol. The maximum atomic E-state index is 9.49. The summed E-state index contributed by atoms with van der Waals surface area (Å²) in [6.45, 7) is 2.22. The number of benzene rings is 1. The van der Waals surface area contributed by atoms with E-state index in [-0.39, 0.29) is 0 Å². The Kier molecular flexibility index (Phi) is 5.76. The molecule has 1 N–H and O–H groups in total. The van der Waals surface area contributed by atoms with Crippen molar-refractivity contribution in [1.29, 1.82) is 0 Å². The zero-order valence-electron chi connectivity index (χ0n) is 10.3. The molecule has 1 rings (SSSR count). The third kappa shape index (κ3) is 4.56. The number of phenolic OH excluding ortho intramolecular Hbond substituents is 1. The Balaban J connectivity index is 2.38. The van der Waals surface area contributed by atoms with Crippen LogP contribution in [0.25, 0.3) is 0 Å². The highest BCUT2D eigenvalue weighted by Gasteiger charge is 2.00. The van der Waals surface area contributed by atoms with E-state index in [9.17, 15) is 5.11 Å². The molecule has 1 aromatic carbocycles. The van der Waals surface area contributed by atoms with Crippen molar-refractivity contribution in [1.82, 2.24) is 0 Å². The van der Waals surface area contributed by atoms with E-state index in [0.717, 1.165) is 17.7 Å². The lowest BCUT2D eigenvalue weighted by Gasteiger charge is -2.06. The number of unbranched alkanes of at least 4 members (excludes halogenated alkanes) is 4. The first kappa shape index (κ1) is 12.9. The summed E-state index contributed by atoms with van der Waals surface area (Å²) in [5.74, 6) is 1.03. The van der Waals surface area contributed by atoms with E-state index >= 15 is 0 Å². The lowest BCUT2D eigenvalue weighted by Crippen LogP contribution is -1.89. The Hall–Kier alpha value is -1.18. The fourth-order valence-electron chi connectivity index (χ4n) is 1.84. The van der Waals surface area contributed by atoms with Crippen molar-refractivity contribution in [3.05, 3.63) is 23.8 Å². The van der Waals surface area contributed by atoms with Gasteiger partial charge in [0.05, 0.1) is 7.11 Å². The Morgan fingerprint density at radius 1 is 1.06 bits per heavy atom. The van der Waals surface area contributed by atoms with Gasteiger partial charge in [0.2, 0.25) is 0 Å². The van der Waals surface area contributed by atoms with Crippen LogP contribution in [0.2, 0.25) is 0 Å². The monoisotopic (exact) mass is 222 g/mol. The zero-order valence-corrected chi connectivity index (χ0v) is 10.3. The number of hydrogen-bond acceptors (Lipinski definition) is 2. The summed E-state index contributed by atoms with van der Waals surface area (Å²) in [6.07, 6.45) is 7.39. The standard InChI is InChI=1S/C14H22O2/c1-3-4-5-6-7-8-12-9-13(15)11-14(10-12)16-2/h9-11,15H,3-8H2,1-2H3. The molecule has 0 amide bonds. The summed E-state index contributed by atoms with van der Waals surface area (Å²) >= 11 is 0. The summed E-state index contributed by atoms with van der Waals surface area (Å²) < 4.78 is 5.12. The minimum atomic E-state index is 0.294. The molecule has 0 aliphatic heterocycles. The molecule has 0 unspecified atom stereocenters. The molecule has 0 heterocycles. The summed E-state index contributed by atoms with van der Waals surface area (Å²) in [5, 5.41) is 9.49. The van der Waals surface area contributed by atoms with Gasteiger partial charge in [0.15, 0.2) is 0 Å². The quantitative estimate of drug-likeness (QED) is 0.709. The second-order valence-corrected chi connectivity index (χ2v) is 4.20. The van der Waals surface area contributed by atoms with Crippen LogP contribution in [0.15, 0.2) is 18.2 Å². The molecule has 0 spiro atoms. The Morgan fingerprint density at radius 2 is 1.81 bits per heavy atom. The van der Waals surface area contributed by atoms with E-state index in [4.69, 9.17) is 4.74 Å². The molecule has 0 fully saturated rings. The van der Waals surface area contributed by atoms with Gasteiger partial charge in [-0.25, -0.2) is 0 Å². The van der Waals surface area contributed by atoms with Crippen LogP contribution in [0.4, 0.5) is 0 Å². The summed E-state index contributed by atoms with van der Waals surface area (Å²) in [6, 6.07) is 5.46. The van der Waals surface area contributed by atoms with Crippen molar-refractivity contribution in [2.24, 2.45) is 0 Å². The molecule has 16 heavy (non-hydrogen) atoms. The van der Waals surface area contributed by atoms with Gasteiger partial charge < -0.3 is 9.84 Å². The predicted octanol–water partition coefficient (Wildman–Crippen LogP) is 3.91. The molecule has 2 nitrogen and oxygen atoms in total. The number of phenols is 1. The predicted molar refractivity (Wildman–Crippen MR) is 67.1 cm³/mol. The van der Waals surface area contributed by atoms with Crippen molar-refractivity contribution in [2.75, 3.05) is 7.11 Å². The van der Waals surface area contributed by atoms with E-state index in [1.807, 2.05) is 12.1 Å². The molecule has 90 valence electrons. The van der Waals surface area contributed by atoms with Crippen LogP contribution in [0.5, 0.6) is 11.5 Å². The van der Waals surface area contributed by atoms with Crippen molar-refractivity contribution in [3.8, 4) is 11.5 Å². The van der Waals surface area contributed by atoms with Gasteiger partial charge in [-0.15, -0.1) is 0 Å². The first-order valence-electron chi connectivity index (χ1n) is 6.13. The van der Waals surface area contributed by atoms with Gasteiger partial charge in [-0.2, -0.15) is 0 Å². The molecule has 0 radical (unpaired) electrons. The smallest absolute Gasteiger partial charge is 0.122 e. The zero-order chi connectivity index (χ0) is 11.8. The highest BCUT2D eigenvalue weighted by Crippen LogP contribution is 2.22. The minimum Gasteiger partial charge on any atom is -0.508 e. The Bertz CT molecular complexity index is 308. The van der Waals surface area contributed by atoms with Crippen LogP contribution < -0.4 is 4.74 Å². The molecule has 0 bridgehead atoms. The van der Waals surface area contributed by atoms with Crippen molar-refractivity contribution < 1.29 is 9.84 Å². The fourth-order valence-corrected chi connectivity index (χ4v) is 1.84. The van der Waals surface area contributed by atoms with Gasteiger partial charge in [-0.1, -0.05) is 32.6 Å². The average Bonchev–Trinajstić information content (AvgIpc) is 2.28. The van der Waals surface area contributed by atoms with Gasteiger partial charge in [0, 0.05) is 6.07 Å². The summed E-state index contributed by atoms with van der Waals surface area (Å²) in [5.41, 5.74) is 1.16. The van der Waals surface area contributed by atoms with Crippen LogP contribution >= 0.6 is 0 Å². The number of hydrogen-bond donors (Lipinski definition) is 1. The SMILES string of the molecule is CCCCCCCc1cc(O)cc(OC)c1. The van der Waals surface area contributed by atoms with Gasteiger partial charge >= 0.3 is 0 Å². The number of aromatic hydroxyl groups is 1. The van der Waals surface area contributed by atoms with E-state index in [2.05, 4.69) is 6.92 Å². The maximum Gasteiger partial charge on any atom is 0.122 e. The highest BCUT2D eigenvalue weighted by atomic mass is 16.5. The lowest BCUT2D eigenvalue weighted by atomic mass is 10.1. The van der Waals surface area contributed by atoms with Crippen molar-refractivity contribution in [2.45, 2.75) is 45.4 Å². The van der Waals surface area contributed by atoms with Crippen LogP contribution in [-0.4, -0.2) is 12.2 Å². The highest BCUT2D eigenvalue weighted by molar-refractivity contribution is 5.37. The molecule has 0 aliphatic carbocycles. The molecule has 2 heteroatoms. The van der Waals surface area contributed by atoms with E-state index < -0.39 is 0 Å². The normalized spacial score (nSPS) is 10.4. The third-order valence-electron chi connectivity index (χ3n) is 2.76. The number of methoxy groups -OCH3 is 1. The van der Waals surface area contributed by atoms with Crippen LogP contribution in [0.1, 0.15) is 44.6 Å². The second-order valence-electron chi connectivity index (χ2n) is 4.20. The first-order valence-corrected chi connectivity index (χ1v) is 6.13. The van der Waals surface area contributed by atoms with Crippen LogP contribution in [0.3, 0.4) is 0 Å². The summed E-state index contributed by atoms with van der Waals surface area (Å²) in [7, 11) is 1.62. The van der Waals surface area contributed by atoms with Gasteiger partial charge in [-0.3, -0.25) is 0 Å². The molecular formula is C14H22O2. The Labute approximate surface area is 98.3 Å². The Morgan fingerprint density at radius 3 is 2.50 bits per heavy atom. The maximum absolute atomic E-state index is 9.49. The van der Waals surface area contributed by atoms with Crippen molar-refractivity contribution in [3.63, 3.8) is 0 Å². The number of rotatable bonds is 7. The van der Waals surface area contributed by atoms with E-state index in [1.54, 1.807) is 13.2 Å². The van der Waals surface area contributed by atoms with E-state index in [0.29, 0.717) is 5.75 Å². The number of ether oxygens (including phenoxy) is 1. The van der Waals surface area contributed by atoms with Crippen LogP contribution in [-0.2, 0) is 6.42 Å². The molecule has 0 saturated heterocycles. The molecule has 0 saturated carbocycles. The minimum absolute atomic E-state index is 0.294. The topological polar surface area (TPSA) is 29.5 Å². The summed E-state index contributed by atoms with van der Waals surface area (Å²) in [4.78, 5) is 0. The van der Waals surface area contributed by atoms with Gasteiger partial charge in [-0.05, 0) is 30.5 Å². The van der Waals surface area contributed by atoms with Crippen molar-refractivity contribution >= 4 is 0 Å². The molecule has 0 aliphatic rings. The molecule has 0 atom stereocenters. The van der Waals surface area contributed by atoms with Gasteiger partial charge in [0.1, 0.15) is 11.5 Å². The second kappa shape index (κ2) is 7.15. The van der Waals surface area contributed by atoms with E-state index in [1.165, 1.54) is 32.1 Å². The molecular weight excluding hydrogens is 200 g/mol. The molecule has 1 aromatic rings. The van der Waals surface area contributed by atoms with Crippen LogP contribution in [0, 0.1) is 0 Å². The lowest BCUT2D eigenvalue weighted by molar-refractivity contribution is 0.406. The number of aryl methyl sites for hydroxylation is 1. The first-order chi connectivity index (χ1) is 7.76. The fraction of sp³-hybridized carbons (Fsp3) is 0.571. The third-order valence-corrected chi connectivity index (χ3v) is 2.76.